The van der Waals surface area contributed by atoms with Crippen LogP contribution in [0.3, 0.4) is 0 Å². The standard InChI is InChI=1S/C23H29NO2S/c1-16-9-11-21(27-16)20(25)10-12-22(26)24-19-13-14-23(2,3)15-18(19)17-7-5-4-6-8-17/h4-9,11,18-19H,10,12-15H2,1-3H3,(H,24,26). The first-order valence-electron chi connectivity index (χ1n) is 9.78. The van der Waals surface area contributed by atoms with Gasteiger partial charge < -0.3 is 5.32 Å². The molecular formula is C23H29NO2S. The van der Waals surface area contributed by atoms with Crippen molar-refractivity contribution in [3.63, 3.8) is 0 Å². The van der Waals surface area contributed by atoms with Gasteiger partial charge in [0.05, 0.1) is 4.88 Å². The lowest BCUT2D eigenvalue weighted by atomic mass is 9.68. The van der Waals surface area contributed by atoms with Crippen molar-refractivity contribution in [3.8, 4) is 0 Å². The van der Waals surface area contributed by atoms with Crippen LogP contribution in [0.2, 0.25) is 0 Å². The van der Waals surface area contributed by atoms with Gasteiger partial charge in [-0.15, -0.1) is 11.3 Å². The zero-order valence-electron chi connectivity index (χ0n) is 16.5. The normalized spacial score (nSPS) is 21.6. The van der Waals surface area contributed by atoms with Crippen molar-refractivity contribution >= 4 is 23.0 Å². The molecule has 0 saturated heterocycles. The first-order chi connectivity index (χ1) is 12.8. The molecule has 3 rings (SSSR count). The summed E-state index contributed by atoms with van der Waals surface area (Å²) in [4.78, 5) is 26.7. The summed E-state index contributed by atoms with van der Waals surface area (Å²) in [7, 11) is 0. The molecule has 0 bridgehead atoms. The Morgan fingerprint density at radius 3 is 2.52 bits per heavy atom. The number of hydrogen-bond acceptors (Lipinski definition) is 3. The van der Waals surface area contributed by atoms with Crippen molar-refractivity contribution in [3.05, 3.63) is 57.8 Å². The fraction of sp³-hybridized carbons (Fsp3) is 0.478. The van der Waals surface area contributed by atoms with Gasteiger partial charge in [0.25, 0.3) is 0 Å². The Morgan fingerprint density at radius 2 is 1.85 bits per heavy atom. The molecule has 2 aromatic rings. The highest BCUT2D eigenvalue weighted by Crippen LogP contribution is 2.43. The van der Waals surface area contributed by atoms with E-state index in [2.05, 4.69) is 43.4 Å². The van der Waals surface area contributed by atoms with Crippen LogP contribution in [-0.4, -0.2) is 17.7 Å². The molecule has 1 aromatic heterocycles. The second kappa shape index (κ2) is 8.39. The average Bonchev–Trinajstić information content (AvgIpc) is 3.08. The third kappa shape index (κ3) is 5.29. The molecule has 1 aliphatic carbocycles. The number of hydrogen-bond donors (Lipinski definition) is 1. The molecule has 1 aromatic carbocycles. The number of carbonyl (C=O) groups excluding carboxylic acids is 2. The van der Waals surface area contributed by atoms with E-state index in [9.17, 15) is 9.59 Å². The van der Waals surface area contributed by atoms with Gasteiger partial charge >= 0.3 is 0 Å². The molecular weight excluding hydrogens is 354 g/mol. The predicted octanol–water partition coefficient (Wildman–Crippen LogP) is 5.50. The van der Waals surface area contributed by atoms with Crippen LogP contribution in [0.15, 0.2) is 42.5 Å². The monoisotopic (exact) mass is 383 g/mol. The predicted molar refractivity (Wildman–Crippen MR) is 111 cm³/mol. The summed E-state index contributed by atoms with van der Waals surface area (Å²) < 4.78 is 0. The van der Waals surface area contributed by atoms with E-state index < -0.39 is 0 Å². The molecule has 1 N–H and O–H groups in total. The lowest BCUT2D eigenvalue weighted by Crippen LogP contribution is -2.44. The van der Waals surface area contributed by atoms with Crippen molar-refractivity contribution in [2.75, 3.05) is 0 Å². The Labute approximate surface area is 166 Å². The quantitative estimate of drug-likeness (QED) is 0.670. The van der Waals surface area contributed by atoms with Crippen molar-refractivity contribution < 1.29 is 9.59 Å². The zero-order chi connectivity index (χ0) is 19.4. The van der Waals surface area contributed by atoms with E-state index in [0.29, 0.717) is 5.92 Å². The van der Waals surface area contributed by atoms with Crippen LogP contribution in [-0.2, 0) is 4.79 Å². The van der Waals surface area contributed by atoms with Gasteiger partial charge in [-0.05, 0) is 49.3 Å². The summed E-state index contributed by atoms with van der Waals surface area (Å²) >= 11 is 1.50. The number of ketones is 1. The summed E-state index contributed by atoms with van der Waals surface area (Å²) in [5.41, 5.74) is 1.58. The fourth-order valence-electron chi connectivity index (χ4n) is 4.02. The Morgan fingerprint density at radius 1 is 1.11 bits per heavy atom. The minimum atomic E-state index is -0.0118. The number of benzene rings is 1. The molecule has 1 saturated carbocycles. The number of nitrogens with one attached hydrogen (secondary N) is 1. The van der Waals surface area contributed by atoms with Crippen LogP contribution in [0.5, 0.6) is 0 Å². The van der Waals surface area contributed by atoms with Gasteiger partial charge in [0.2, 0.25) is 5.91 Å². The van der Waals surface area contributed by atoms with Crippen molar-refractivity contribution in [1.29, 1.82) is 0 Å². The molecule has 4 heteroatoms. The Balaban J connectivity index is 1.60. The molecule has 27 heavy (non-hydrogen) atoms. The molecule has 1 heterocycles. The van der Waals surface area contributed by atoms with E-state index in [1.807, 2.05) is 25.1 Å². The second-order valence-electron chi connectivity index (χ2n) is 8.43. The first kappa shape index (κ1) is 19.8. The molecule has 1 amide bonds. The summed E-state index contributed by atoms with van der Waals surface area (Å²) in [6.45, 7) is 6.60. The highest BCUT2D eigenvalue weighted by atomic mass is 32.1. The van der Waals surface area contributed by atoms with E-state index in [1.165, 1.54) is 16.9 Å². The van der Waals surface area contributed by atoms with E-state index in [-0.39, 0.29) is 36.0 Å². The highest BCUT2D eigenvalue weighted by molar-refractivity contribution is 7.14. The van der Waals surface area contributed by atoms with Crippen LogP contribution < -0.4 is 5.32 Å². The average molecular weight is 384 g/mol. The lowest BCUT2D eigenvalue weighted by molar-refractivity contribution is -0.122. The molecule has 1 aliphatic rings. The number of Topliss-reactive ketones (excluding diaryl/α,β-unsaturated/α-hetero) is 1. The van der Waals surface area contributed by atoms with Gasteiger partial charge in [0.1, 0.15) is 0 Å². The number of aryl methyl sites for hydroxylation is 1. The summed E-state index contributed by atoms with van der Waals surface area (Å²) in [6.07, 6.45) is 3.69. The van der Waals surface area contributed by atoms with E-state index in [1.54, 1.807) is 0 Å². The SMILES string of the molecule is Cc1ccc(C(=O)CCC(=O)NC2CCC(C)(C)CC2c2ccccc2)s1. The maximum Gasteiger partial charge on any atom is 0.220 e. The van der Waals surface area contributed by atoms with Gasteiger partial charge in [0, 0.05) is 29.7 Å². The van der Waals surface area contributed by atoms with Crippen LogP contribution in [0, 0.1) is 12.3 Å². The molecule has 0 spiro atoms. The van der Waals surface area contributed by atoms with Crippen LogP contribution in [0.1, 0.15) is 72.0 Å². The van der Waals surface area contributed by atoms with Gasteiger partial charge in [0.15, 0.2) is 5.78 Å². The maximum atomic E-state index is 12.5. The molecule has 144 valence electrons. The summed E-state index contributed by atoms with van der Waals surface area (Å²) in [5.74, 6) is 0.379. The number of amides is 1. The van der Waals surface area contributed by atoms with Crippen LogP contribution in [0.4, 0.5) is 0 Å². The number of thiophene rings is 1. The number of rotatable bonds is 6. The molecule has 3 nitrogen and oxygen atoms in total. The van der Waals surface area contributed by atoms with E-state index in [0.717, 1.165) is 29.0 Å². The topological polar surface area (TPSA) is 46.2 Å². The third-order valence-corrected chi connectivity index (χ3v) is 6.60. The van der Waals surface area contributed by atoms with Crippen molar-refractivity contribution in [2.24, 2.45) is 5.41 Å². The number of carbonyl (C=O) groups is 2. The summed E-state index contributed by atoms with van der Waals surface area (Å²) in [5, 5.41) is 3.23. The smallest absolute Gasteiger partial charge is 0.220 e. The zero-order valence-corrected chi connectivity index (χ0v) is 17.3. The van der Waals surface area contributed by atoms with Gasteiger partial charge in [-0.2, -0.15) is 0 Å². The molecule has 2 unspecified atom stereocenters. The first-order valence-corrected chi connectivity index (χ1v) is 10.6. The van der Waals surface area contributed by atoms with E-state index in [4.69, 9.17) is 0 Å². The van der Waals surface area contributed by atoms with Gasteiger partial charge in [-0.25, -0.2) is 0 Å². The Bertz CT molecular complexity index is 794. The molecule has 0 aliphatic heterocycles. The second-order valence-corrected chi connectivity index (χ2v) is 9.72. The minimum absolute atomic E-state index is 0.0118. The van der Waals surface area contributed by atoms with Gasteiger partial charge in [-0.3, -0.25) is 9.59 Å². The Hall–Kier alpha value is -1.94. The van der Waals surface area contributed by atoms with Crippen LogP contribution >= 0.6 is 11.3 Å². The highest BCUT2D eigenvalue weighted by Gasteiger charge is 2.36. The lowest BCUT2D eigenvalue weighted by Gasteiger charge is -2.41. The fourth-order valence-corrected chi connectivity index (χ4v) is 4.86. The maximum absolute atomic E-state index is 12.5. The third-order valence-electron chi connectivity index (χ3n) is 5.56. The van der Waals surface area contributed by atoms with Crippen molar-refractivity contribution in [2.45, 2.75) is 64.8 Å². The largest absolute Gasteiger partial charge is 0.353 e. The molecule has 1 fully saturated rings. The minimum Gasteiger partial charge on any atom is -0.353 e. The van der Waals surface area contributed by atoms with Crippen molar-refractivity contribution in [1.82, 2.24) is 5.32 Å². The molecule has 2 atom stereocenters. The Kier molecular flexibility index (Phi) is 6.15. The summed E-state index contributed by atoms with van der Waals surface area (Å²) in [6, 6.07) is 14.4. The van der Waals surface area contributed by atoms with Gasteiger partial charge in [-0.1, -0.05) is 44.2 Å². The van der Waals surface area contributed by atoms with Crippen LogP contribution in [0.25, 0.3) is 0 Å². The van der Waals surface area contributed by atoms with E-state index >= 15 is 0 Å². The molecule has 0 radical (unpaired) electrons.